The molecule has 0 saturated heterocycles. The van der Waals surface area contributed by atoms with Gasteiger partial charge < -0.3 is 9.47 Å². The molecule has 0 radical (unpaired) electrons. The number of ether oxygens (including phenoxy) is 2. The molecule has 0 aromatic heterocycles. The smallest absolute Gasteiger partial charge is 0.215 e. The van der Waals surface area contributed by atoms with Crippen LogP contribution in [0.1, 0.15) is 18.5 Å². The van der Waals surface area contributed by atoms with E-state index in [4.69, 9.17) is 9.47 Å². The molecule has 1 N–H and O–H groups in total. The Morgan fingerprint density at radius 1 is 1.00 bits per heavy atom. The zero-order valence-corrected chi connectivity index (χ0v) is 14.0. The molecule has 0 heterocycles. The summed E-state index contributed by atoms with van der Waals surface area (Å²) in [6, 6.07) is 16.2. The van der Waals surface area contributed by atoms with Crippen LogP contribution in [0.3, 0.4) is 0 Å². The molecule has 0 aliphatic heterocycles. The summed E-state index contributed by atoms with van der Waals surface area (Å²) >= 11 is 0. The quantitative estimate of drug-likeness (QED) is 0.806. The predicted molar refractivity (Wildman–Crippen MR) is 90.3 cm³/mol. The Labute approximate surface area is 137 Å². The summed E-state index contributed by atoms with van der Waals surface area (Å²) < 4.78 is 37.3. The summed E-state index contributed by atoms with van der Waals surface area (Å²) in [6.45, 7) is 1.90. The topological polar surface area (TPSA) is 64.6 Å². The monoisotopic (exact) mass is 335 g/mol. The SMILES string of the molecule is COc1ccc(OCCS(=O)(=O)NC(C)c2ccccc2)cc1. The van der Waals surface area contributed by atoms with Gasteiger partial charge in [0.1, 0.15) is 18.1 Å². The lowest BCUT2D eigenvalue weighted by Crippen LogP contribution is -2.31. The molecule has 2 aromatic rings. The van der Waals surface area contributed by atoms with Crippen LogP contribution in [-0.2, 0) is 10.0 Å². The molecule has 23 heavy (non-hydrogen) atoms. The lowest BCUT2D eigenvalue weighted by molar-refractivity contribution is 0.339. The van der Waals surface area contributed by atoms with Gasteiger partial charge >= 0.3 is 0 Å². The number of rotatable bonds is 8. The van der Waals surface area contributed by atoms with Gasteiger partial charge in [0.2, 0.25) is 10.0 Å². The summed E-state index contributed by atoms with van der Waals surface area (Å²) in [5.41, 5.74) is 0.923. The average Bonchev–Trinajstić information content (AvgIpc) is 2.55. The summed E-state index contributed by atoms with van der Waals surface area (Å²) in [4.78, 5) is 0. The van der Waals surface area contributed by atoms with Crippen LogP contribution in [0.5, 0.6) is 11.5 Å². The van der Waals surface area contributed by atoms with Crippen LogP contribution in [0.25, 0.3) is 0 Å². The summed E-state index contributed by atoms with van der Waals surface area (Å²) in [5, 5.41) is 0. The van der Waals surface area contributed by atoms with Gasteiger partial charge in [-0.25, -0.2) is 13.1 Å². The largest absolute Gasteiger partial charge is 0.497 e. The number of hydrogen-bond donors (Lipinski definition) is 1. The van der Waals surface area contributed by atoms with E-state index >= 15 is 0 Å². The average molecular weight is 335 g/mol. The highest BCUT2D eigenvalue weighted by Crippen LogP contribution is 2.17. The Kier molecular flexibility index (Phi) is 6.01. The van der Waals surface area contributed by atoms with Crippen molar-refractivity contribution in [2.45, 2.75) is 13.0 Å². The first kappa shape index (κ1) is 17.3. The van der Waals surface area contributed by atoms with Crippen molar-refractivity contribution >= 4 is 10.0 Å². The molecule has 6 heteroatoms. The van der Waals surface area contributed by atoms with E-state index in [0.29, 0.717) is 5.75 Å². The molecule has 1 unspecified atom stereocenters. The molecule has 124 valence electrons. The fourth-order valence-electron chi connectivity index (χ4n) is 2.08. The first-order chi connectivity index (χ1) is 11.0. The highest BCUT2D eigenvalue weighted by Gasteiger charge is 2.15. The number of sulfonamides is 1. The highest BCUT2D eigenvalue weighted by molar-refractivity contribution is 7.89. The molecule has 0 aliphatic carbocycles. The van der Waals surface area contributed by atoms with Gasteiger partial charge in [-0.3, -0.25) is 0 Å². The van der Waals surface area contributed by atoms with Gasteiger partial charge in [-0.1, -0.05) is 30.3 Å². The Morgan fingerprint density at radius 3 is 2.22 bits per heavy atom. The predicted octanol–water partition coefficient (Wildman–Crippen LogP) is 2.75. The highest BCUT2D eigenvalue weighted by atomic mass is 32.2. The third kappa shape index (κ3) is 5.58. The second kappa shape index (κ2) is 7.99. The van der Waals surface area contributed by atoms with Gasteiger partial charge in [0.25, 0.3) is 0 Å². The van der Waals surface area contributed by atoms with E-state index in [2.05, 4.69) is 4.72 Å². The van der Waals surface area contributed by atoms with Gasteiger partial charge in [-0.2, -0.15) is 0 Å². The molecule has 0 aliphatic rings. The second-order valence-electron chi connectivity index (χ2n) is 5.09. The van der Waals surface area contributed by atoms with Crippen molar-refractivity contribution in [3.63, 3.8) is 0 Å². The fraction of sp³-hybridized carbons (Fsp3) is 0.294. The van der Waals surface area contributed by atoms with E-state index in [0.717, 1.165) is 11.3 Å². The minimum absolute atomic E-state index is 0.0865. The van der Waals surface area contributed by atoms with Crippen LogP contribution in [-0.4, -0.2) is 27.9 Å². The minimum atomic E-state index is -3.41. The normalized spacial score (nSPS) is 12.6. The molecular weight excluding hydrogens is 314 g/mol. The third-order valence-corrected chi connectivity index (χ3v) is 4.75. The van der Waals surface area contributed by atoms with E-state index in [1.54, 1.807) is 31.4 Å². The minimum Gasteiger partial charge on any atom is -0.497 e. The lowest BCUT2D eigenvalue weighted by Gasteiger charge is -2.15. The fourth-order valence-corrected chi connectivity index (χ4v) is 3.17. The Hall–Kier alpha value is -2.05. The molecular formula is C17H21NO4S. The Bertz CT molecular complexity index is 699. The van der Waals surface area contributed by atoms with Crippen molar-refractivity contribution < 1.29 is 17.9 Å². The maximum atomic E-state index is 12.1. The van der Waals surface area contributed by atoms with Crippen LogP contribution < -0.4 is 14.2 Å². The maximum Gasteiger partial charge on any atom is 0.215 e. The third-order valence-electron chi connectivity index (χ3n) is 3.34. The lowest BCUT2D eigenvalue weighted by atomic mass is 10.1. The molecule has 0 bridgehead atoms. The van der Waals surface area contributed by atoms with Crippen LogP contribution in [0.4, 0.5) is 0 Å². The van der Waals surface area contributed by atoms with Crippen LogP contribution >= 0.6 is 0 Å². The first-order valence-corrected chi connectivity index (χ1v) is 8.97. The van der Waals surface area contributed by atoms with Crippen LogP contribution in [0, 0.1) is 0 Å². The van der Waals surface area contributed by atoms with Gasteiger partial charge in [0.15, 0.2) is 0 Å². The maximum absolute atomic E-state index is 12.1. The van der Waals surface area contributed by atoms with Crippen molar-refractivity contribution in [2.24, 2.45) is 0 Å². The van der Waals surface area contributed by atoms with Crippen LogP contribution in [0.15, 0.2) is 54.6 Å². The van der Waals surface area contributed by atoms with E-state index < -0.39 is 10.0 Å². The van der Waals surface area contributed by atoms with Crippen molar-refractivity contribution in [2.75, 3.05) is 19.5 Å². The molecule has 2 aromatic carbocycles. The van der Waals surface area contributed by atoms with Gasteiger partial charge in [-0.15, -0.1) is 0 Å². The van der Waals surface area contributed by atoms with Gasteiger partial charge in [0.05, 0.1) is 12.9 Å². The molecule has 5 nitrogen and oxygen atoms in total. The molecule has 1 atom stereocenters. The van der Waals surface area contributed by atoms with Gasteiger partial charge in [-0.05, 0) is 36.8 Å². The van der Waals surface area contributed by atoms with E-state index in [-0.39, 0.29) is 18.4 Å². The van der Waals surface area contributed by atoms with E-state index in [9.17, 15) is 8.42 Å². The zero-order chi connectivity index (χ0) is 16.7. The Balaban J connectivity index is 1.83. The van der Waals surface area contributed by atoms with Crippen molar-refractivity contribution in [3.8, 4) is 11.5 Å². The number of methoxy groups -OCH3 is 1. The zero-order valence-electron chi connectivity index (χ0n) is 13.2. The second-order valence-corrected chi connectivity index (χ2v) is 6.97. The summed E-state index contributed by atoms with van der Waals surface area (Å²) in [5.74, 6) is 1.23. The van der Waals surface area contributed by atoms with Crippen molar-refractivity contribution in [1.29, 1.82) is 0 Å². The van der Waals surface area contributed by atoms with Crippen molar-refractivity contribution in [3.05, 3.63) is 60.2 Å². The van der Waals surface area contributed by atoms with Crippen LogP contribution in [0.2, 0.25) is 0 Å². The molecule has 0 saturated carbocycles. The summed E-state index contributed by atoms with van der Waals surface area (Å²) in [7, 11) is -1.83. The van der Waals surface area contributed by atoms with E-state index in [1.165, 1.54) is 0 Å². The number of hydrogen-bond acceptors (Lipinski definition) is 4. The summed E-state index contributed by atoms with van der Waals surface area (Å²) in [6.07, 6.45) is 0. The van der Waals surface area contributed by atoms with E-state index in [1.807, 2.05) is 37.3 Å². The Morgan fingerprint density at radius 2 is 1.61 bits per heavy atom. The first-order valence-electron chi connectivity index (χ1n) is 7.32. The number of benzene rings is 2. The molecule has 0 amide bonds. The number of nitrogens with one attached hydrogen (secondary N) is 1. The van der Waals surface area contributed by atoms with Crippen molar-refractivity contribution in [1.82, 2.24) is 4.72 Å². The molecule has 0 spiro atoms. The standard InChI is InChI=1S/C17H21NO4S/c1-14(15-6-4-3-5-7-15)18-23(19,20)13-12-22-17-10-8-16(21-2)9-11-17/h3-11,14,18H,12-13H2,1-2H3. The molecule has 0 fully saturated rings. The van der Waals surface area contributed by atoms with Gasteiger partial charge in [0, 0.05) is 6.04 Å². The molecule has 2 rings (SSSR count).